The predicted molar refractivity (Wildman–Crippen MR) is 61.9 cm³/mol. The fourth-order valence-electron chi connectivity index (χ4n) is 1.79. The maximum Gasteiger partial charge on any atom is 0.309 e. The molecule has 0 unspecified atom stereocenters. The third kappa shape index (κ3) is 4.19. The van der Waals surface area contributed by atoms with Crippen molar-refractivity contribution in [1.29, 1.82) is 0 Å². The van der Waals surface area contributed by atoms with Crippen LogP contribution in [0.15, 0.2) is 0 Å². The lowest BCUT2D eigenvalue weighted by molar-refractivity contribution is -0.162. The van der Waals surface area contributed by atoms with Crippen LogP contribution in [0, 0.1) is 12.5 Å². The molecule has 1 fully saturated rings. The van der Waals surface area contributed by atoms with Crippen molar-refractivity contribution in [3.63, 3.8) is 0 Å². The Labute approximate surface area is 97.2 Å². The summed E-state index contributed by atoms with van der Waals surface area (Å²) in [6, 6.07) is 0. The summed E-state index contributed by atoms with van der Waals surface area (Å²) < 4.78 is 5.47. The van der Waals surface area contributed by atoms with Crippen LogP contribution in [0.3, 0.4) is 0 Å². The van der Waals surface area contributed by atoms with E-state index >= 15 is 0 Å². The lowest BCUT2D eigenvalue weighted by Crippen LogP contribution is -2.37. The molecular weight excluding hydrogens is 204 g/mol. The van der Waals surface area contributed by atoms with Gasteiger partial charge in [-0.1, -0.05) is 0 Å². The van der Waals surface area contributed by atoms with Gasteiger partial charge in [-0.25, -0.2) is 6.57 Å². The fourth-order valence-corrected chi connectivity index (χ4v) is 1.79. The molecule has 0 aromatic heterocycles. The molecule has 16 heavy (non-hydrogen) atoms. The van der Waals surface area contributed by atoms with Crippen LogP contribution < -0.4 is 5.32 Å². The summed E-state index contributed by atoms with van der Waals surface area (Å²) in [5.41, 5.74) is -0.507. The molecule has 1 saturated heterocycles. The number of ether oxygens (including phenoxy) is 1. The van der Waals surface area contributed by atoms with Gasteiger partial charge in [0.1, 0.15) is 5.60 Å². The van der Waals surface area contributed by atoms with Crippen LogP contribution in [0.25, 0.3) is 4.85 Å². The minimum atomic E-state index is -0.507. The van der Waals surface area contributed by atoms with Gasteiger partial charge in [0.2, 0.25) is 6.54 Å². The van der Waals surface area contributed by atoms with Gasteiger partial charge in [0.05, 0.1) is 12.3 Å². The van der Waals surface area contributed by atoms with E-state index in [9.17, 15) is 4.79 Å². The molecule has 4 heteroatoms. The molecule has 1 N–H and O–H groups in total. The second kappa shape index (κ2) is 5.86. The number of carbonyl (C=O) groups excluding carboxylic acids is 1. The number of carbonyl (C=O) groups is 1. The highest BCUT2D eigenvalue weighted by molar-refractivity contribution is 5.73. The molecule has 0 aliphatic carbocycles. The van der Waals surface area contributed by atoms with Crippen molar-refractivity contribution in [3.8, 4) is 0 Å². The Bertz CT molecular complexity index is 275. The summed E-state index contributed by atoms with van der Waals surface area (Å²) in [5.74, 6) is -0.0649. The zero-order valence-electron chi connectivity index (χ0n) is 10.1. The van der Waals surface area contributed by atoms with Crippen molar-refractivity contribution >= 4 is 5.97 Å². The number of esters is 1. The zero-order valence-corrected chi connectivity index (χ0v) is 10.1. The van der Waals surface area contributed by atoms with Crippen molar-refractivity contribution < 1.29 is 9.53 Å². The van der Waals surface area contributed by atoms with Gasteiger partial charge in [-0.05, 0) is 39.8 Å². The molecule has 1 aliphatic heterocycles. The van der Waals surface area contributed by atoms with E-state index in [4.69, 9.17) is 11.3 Å². The van der Waals surface area contributed by atoms with Gasteiger partial charge < -0.3 is 14.9 Å². The first-order valence-corrected chi connectivity index (χ1v) is 5.82. The van der Waals surface area contributed by atoms with Crippen molar-refractivity contribution in [2.75, 3.05) is 19.6 Å². The number of hydrogen-bond acceptors (Lipinski definition) is 3. The van der Waals surface area contributed by atoms with E-state index in [2.05, 4.69) is 10.2 Å². The van der Waals surface area contributed by atoms with Gasteiger partial charge in [-0.2, -0.15) is 0 Å². The number of nitrogens with one attached hydrogen (secondary N) is 1. The minimum absolute atomic E-state index is 0.0356. The van der Waals surface area contributed by atoms with E-state index in [-0.39, 0.29) is 11.9 Å². The Morgan fingerprint density at radius 2 is 2.12 bits per heavy atom. The summed E-state index contributed by atoms with van der Waals surface area (Å²) in [6.07, 6.45) is 2.32. The Hall–Kier alpha value is -1.08. The smallest absolute Gasteiger partial charge is 0.309 e. The van der Waals surface area contributed by atoms with Crippen LogP contribution in [-0.2, 0) is 9.53 Å². The highest BCUT2D eigenvalue weighted by atomic mass is 16.6. The SMILES string of the molecule is [C-]#[N+]CCC(C)(C)OC(=O)C1CCNCC1. The molecule has 0 aromatic rings. The van der Waals surface area contributed by atoms with E-state index in [0.29, 0.717) is 13.0 Å². The average Bonchev–Trinajstić information content (AvgIpc) is 2.27. The average molecular weight is 224 g/mol. The van der Waals surface area contributed by atoms with Gasteiger partial charge >= 0.3 is 5.97 Å². The quantitative estimate of drug-likeness (QED) is 0.583. The fraction of sp³-hybridized carbons (Fsp3) is 0.833. The Kier molecular flexibility index (Phi) is 4.75. The molecule has 0 amide bonds. The maximum absolute atomic E-state index is 11.8. The van der Waals surface area contributed by atoms with Crippen molar-refractivity contribution in [2.45, 2.75) is 38.7 Å². The van der Waals surface area contributed by atoms with Gasteiger partial charge in [0.25, 0.3) is 0 Å². The first-order valence-electron chi connectivity index (χ1n) is 5.82. The molecule has 1 aliphatic rings. The molecule has 0 atom stereocenters. The number of piperidine rings is 1. The minimum Gasteiger partial charge on any atom is -0.459 e. The van der Waals surface area contributed by atoms with Crippen LogP contribution in [0.2, 0.25) is 0 Å². The monoisotopic (exact) mass is 224 g/mol. The second-order valence-electron chi connectivity index (χ2n) is 4.84. The Morgan fingerprint density at radius 1 is 1.50 bits per heavy atom. The second-order valence-corrected chi connectivity index (χ2v) is 4.84. The highest BCUT2D eigenvalue weighted by Gasteiger charge is 2.29. The topological polar surface area (TPSA) is 42.7 Å². The number of hydrogen-bond donors (Lipinski definition) is 1. The largest absolute Gasteiger partial charge is 0.459 e. The summed E-state index contributed by atoms with van der Waals surface area (Å²) in [6.45, 7) is 12.7. The molecule has 0 aromatic carbocycles. The molecule has 0 bridgehead atoms. The van der Waals surface area contributed by atoms with Gasteiger partial charge in [-0.3, -0.25) is 4.79 Å². The van der Waals surface area contributed by atoms with Crippen LogP contribution in [0.1, 0.15) is 33.1 Å². The molecule has 0 radical (unpaired) electrons. The summed E-state index contributed by atoms with van der Waals surface area (Å²) in [5, 5.41) is 3.22. The summed E-state index contributed by atoms with van der Waals surface area (Å²) in [4.78, 5) is 15.1. The Morgan fingerprint density at radius 3 is 2.69 bits per heavy atom. The van der Waals surface area contributed by atoms with E-state index < -0.39 is 5.60 Å². The third-order valence-electron chi connectivity index (χ3n) is 2.88. The normalized spacial score (nSPS) is 17.8. The van der Waals surface area contributed by atoms with Gasteiger partial charge in [0, 0.05) is 0 Å². The lowest BCUT2D eigenvalue weighted by atomic mass is 9.97. The molecule has 90 valence electrons. The molecule has 1 rings (SSSR count). The molecule has 0 spiro atoms. The first kappa shape index (κ1) is 13.0. The van der Waals surface area contributed by atoms with E-state index in [1.54, 1.807) is 0 Å². The third-order valence-corrected chi connectivity index (χ3v) is 2.88. The van der Waals surface area contributed by atoms with E-state index in [1.807, 2.05) is 13.8 Å². The summed E-state index contributed by atoms with van der Waals surface area (Å²) in [7, 11) is 0. The van der Waals surface area contributed by atoms with Gasteiger partial charge in [-0.15, -0.1) is 0 Å². The zero-order chi connectivity index (χ0) is 12.0. The number of nitrogens with zero attached hydrogens (tertiary/aromatic N) is 1. The van der Waals surface area contributed by atoms with Gasteiger partial charge in [0.15, 0.2) is 0 Å². The number of rotatable bonds is 4. The van der Waals surface area contributed by atoms with Crippen molar-refractivity contribution in [2.24, 2.45) is 5.92 Å². The molecule has 1 heterocycles. The predicted octanol–water partition coefficient (Wildman–Crippen LogP) is 1.62. The van der Waals surface area contributed by atoms with Crippen molar-refractivity contribution in [1.82, 2.24) is 5.32 Å². The van der Waals surface area contributed by atoms with E-state index in [1.165, 1.54) is 0 Å². The molecule has 4 nitrogen and oxygen atoms in total. The van der Waals surface area contributed by atoms with Crippen LogP contribution in [0.4, 0.5) is 0 Å². The van der Waals surface area contributed by atoms with Crippen LogP contribution in [-0.4, -0.2) is 31.2 Å². The van der Waals surface area contributed by atoms with Crippen molar-refractivity contribution in [3.05, 3.63) is 11.4 Å². The Balaban J connectivity index is 2.39. The van der Waals surface area contributed by atoms with E-state index in [0.717, 1.165) is 25.9 Å². The molecule has 0 saturated carbocycles. The van der Waals surface area contributed by atoms with Crippen LogP contribution in [0.5, 0.6) is 0 Å². The standard InChI is InChI=1S/C12H20N2O2/c1-12(2,6-9-13-3)16-11(15)10-4-7-14-8-5-10/h10,14H,4-9H2,1-2H3. The van der Waals surface area contributed by atoms with Crippen LogP contribution >= 0.6 is 0 Å². The maximum atomic E-state index is 11.8. The molecular formula is C12H20N2O2. The first-order chi connectivity index (χ1) is 7.55. The highest BCUT2D eigenvalue weighted by Crippen LogP contribution is 2.20. The summed E-state index contributed by atoms with van der Waals surface area (Å²) >= 11 is 0. The lowest BCUT2D eigenvalue weighted by Gasteiger charge is -2.28.